The van der Waals surface area contributed by atoms with Crippen LogP contribution in [0.5, 0.6) is 0 Å². The van der Waals surface area contributed by atoms with Crippen LogP contribution in [0.2, 0.25) is 0 Å². The molecule has 4 nitrogen and oxygen atoms in total. The van der Waals surface area contributed by atoms with E-state index in [4.69, 9.17) is 9.47 Å². The lowest BCUT2D eigenvalue weighted by molar-refractivity contribution is 0.0760. The number of nitrogens with one attached hydrogen (secondary N) is 1. The van der Waals surface area contributed by atoms with Gasteiger partial charge in [0.25, 0.3) is 0 Å². The molecule has 1 aliphatic carbocycles. The highest BCUT2D eigenvalue weighted by Gasteiger charge is 2.30. The minimum Gasteiger partial charge on any atom is -0.385 e. The Kier molecular flexibility index (Phi) is 7.14. The molecule has 0 aromatic heterocycles. The molecule has 19 heavy (non-hydrogen) atoms. The fraction of sp³-hybridized carbons (Fsp3) is 1.00. The molecule has 1 saturated carbocycles. The van der Waals surface area contributed by atoms with Crippen LogP contribution in [0.1, 0.15) is 32.1 Å². The van der Waals surface area contributed by atoms with Gasteiger partial charge in [-0.15, -0.1) is 0 Å². The second-order valence-electron chi connectivity index (χ2n) is 5.90. The quantitative estimate of drug-likeness (QED) is 0.610. The van der Waals surface area contributed by atoms with E-state index in [2.05, 4.69) is 10.2 Å². The average Bonchev–Trinajstić information content (AvgIpc) is 3.27. The molecule has 4 heteroatoms. The predicted octanol–water partition coefficient (Wildman–Crippen LogP) is 1.50. The third-order valence-electron chi connectivity index (χ3n) is 4.11. The highest BCUT2D eigenvalue weighted by atomic mass is 16.5. The maximum Gasteiger partial charge on any atom is 0.0593 e. The maximum absolute atomic E-state index is 5.70. The molecule has 1 saturated heterocycles. The van der Waals surface area contributed by atoms with E-state index < -0.39 is 0 Å². The standard InChI is InChI=1S/C15H30N2O2/c1-18-9-3-10-19-11-8-17(15-5-6-15)13-14-4-2-7-16-12-14/h14-16H,2-13H2,1H3. The monoisotopic (exact) mass is 270 g/mol. The number of piperidine rings is 1. The van der Waals surface area contributed by atoms with Gasteiger partial charge >= 0.3 is 0 Å². The van der Waals surface area contributed by atoms with Gasteiger partial charge in [0.15, 0.2) is 0 Å². The first-order chi connectivity index (χ1) is 9.40. The molecule has 2 fully saturated rings. The van der Waals surface area contributed by atoms with Gasteiger partial charge in [0, 0.05) is 39.5 Å². The molecule has 1 N–H and O–H groups in total. The Labute approximate surface area is 117 Å². The zero-order valence-electron chi connectivity index (χ0n) is 12.4. The number of ether oxygens (including phenoxy) is 2. The highest BCUT2D eigenvalue weighted by Crippen LogP contribution is 2.28. The van der Waals surface area contributed by atoms with E-state index in [1.165, 1.54) is 45.3 Å². The number of hydrogen-bond donors (Lipinski definition) is 1. The number of nitrogens with zero attached hydrogens (tertiary/aromatic N) is 1. The van der Waals surface area contributed by atoms with E-state index in [1.807, 2.05) is 0 Å². The predicted molar refractivity (Wildman–Crippen MR) is 77.5 cm³/mol. The second-order valence-corrected chi connectivity index (χ2v) is 5.90. The normalized spacial score (nSPS) is 24.0. The molecule has 0 amide bonds. The summed E-state index contributed by atoms with van der Waals surface area (Å²) in [6, 6.07) is 0.851. The smallest absolute Gasteiger partial charge is 0.0593 e. The summed E-state index contributed by atoms with van der Waals surface area (Å²) in [4.78, 5) is 2.66. The minimum atomic E-state index is 0.806. The van der Waals surface area contributed by atoms with E-state index in [1.54, 1.807) is 7.11 Å². The molecule has 1 unspecified atom stereocenters. The third kappa shape index (κ3) is 6.21. The van der Waals surface area contributed by atoms with Gasteiger partial charge in [-0.1, -0.05) is 0 Å². The third-order valence-corrected chi connectivity index (χ3v) is 4.11. The van der Waals surface area contributed by atoms with Crippen LogP contribution in [-0.2, 0) is 9.47 Å². The first kappa shape index (κ1) is 15.2. The first-order valence-electron chi connectivity index (χ1n) is 7.91. The summed E-state index contributed by atoms with van der Waals surface area (Å²) in [5.74, 6) is 0.850. The van der Waals surface area contributed by atoms with Gasteiger partial charge < -0.3 is 14.8 Å². The van der Waals surface area contributed by atoms with Crippen LogP contribution in [0.4, 0.5) is 0 Å². The zero-order chi connectivity index (χ0) is 13.3. The fourth-order valence-electron chi connectivity index (χ4n) is 2.86. The molecule has 0 bridgehead atoms. The lowest BCUT2D eigenvalue weighted by Crippen LogP contribution is -2.40. The van der Waals surface area contributed by atoms with Crippen LogP contribution >= 0.6 is 0 Å². The van der Waals surface area contributed by atoms with Gasteiger partial charge in [-0.05, 0) is 51.1 Å². The van der Waals surface area contributed by atoms with Crippen LogP contribution in [0.15, 0.2) is 0 Å². The van der Waals surface area contributed by atoms with Crippen molar-refractivity contribution in [2.75, 3.05) is 53.1 Å². The summed E-state index contributed by atoms with van der Waals surface area (Å²) < 4.78 is 10.7. The first-order valence-corrected chi connectivity index (χ1v) is 7.91. The second kappa shape index (κ2) is 8.90. The maximum atomic E-state index is 5.70. The molecule has 1 heterocycles. The van der Waals surface area contributed by atoms with E-state index in [0.29, 0.717) is 0 Å². The van der Waals surface area contributed by atoms with Crippen molar-refractivity contribution in [1.29, 1.82) is 0 Å². The SMILES string of the molecule is COCCCOCCN(CC1CCCNC1)C1CC1. The van der Waals surface area contributed by atoms with E-state index in [0.717, 1.165) is 44.7 Å². The van der Waals surface area contributed by atoms with Crippen molar-refractivity contribution < 1.29 is 9.47 Å². The summed E-state index contributed by atoms with van der Waals surface area (Å²) >= 11 is 0. The lowest BCUT2D eigenvalue weighted by atomic mass is 9.99. The van der Waals surface area contributed by atoms with Crippen molar-refractivity contribution in [2.45, 2.75) is 38.1 Å². The van der Waals surface area contributed by atoms with E-state index in [-0.39, 0.29) is 0 Å². The zero-order valence-corrected chi connectivity index (χ0v) is 12.4. The van der Waals surface area contributed by atoms with Gasteiger partial charge in [0.05, 0.1) is 6.61 Å². The number of methoxy groups -OCH3 is 1. The summed E-state index contributed by atoms with van der Waals surface area (Å²) in [7, 11) is 1.74. The highest BCUT2D eigenvalue weighted by molar-refractivity contribution is 4.86. The number of rotatable bonds is 10. The molecule has 0 radical (unpaired) electrons. The minimum absolute atomic E-state index is 0.806. The van der Waals surface area contributed by atoms with Gasteiger partial charge in [-0.3, -0.25) is 4.90 Å². The van der Waals surface area contributed by atoms with Crippen molar-refractivity contribution in [3.05, 3.63) is 0 Å². The fourth-order valence-corrected chi connectivity index (χ4v) is 2.86. The van der Waals surface area contributed by atoms with Crippen molar-refractivity contribution in [3.63, 3.8) is 0 Å². The molecular weight excluding hydrogens is 240 g/mol. The van der Waals surface area contributed by atoms with Gasteiger partial charge in [0.2, 0.25) is 0 Å². The Bertz CT molecular complexity index is 228. The summed E-state index contributed by atoms with van der Waals surface area (Å²) in [5, 5.41) is 3.52. The molecule has 0 aromatic rings. The van der Waals surface area contributed by atoms with Crippen molar-refractivity contribution in [2.24, 2.45) is 5.92 Å². The van der Waals surface area contributed by atoms with Crippen LogP contribution in [0.25, 0.3) is 0 Å². The summed E-state index contributed by atoms with van der Waals surface area (Å²) in [6.45, 7) is 7.30. The van der Waals surface area contributed by atoms with Crippen LogP contribution in [-0.4, -0.2) is 64.1 Å². The Morgan fingerprint density at radius 2 is 2.05 bits per heavy atom. The Morgan fingerprint density at radius 3 is 2.74 bits per heavy atom. The molecule has 0 aromatic carbocycles. The molecule has 0 spiro atoms. The van der Waals surface area contributed by atoms with Crippen LogP contribution in [0.3, 0.4) is 0 Å². The largest absolute Gasteiger partial charge is 0.385 e. The Balaban J connectivity index is 1.57. The summed E-state index contributed by atoms with van der Waals surface area (Å²) in [6.07, 6.45) is 6.53. The molecule has 112 valence electrons. The molecule has 1 atom stereocenters. The van der Waals surface area contributed by atoms with Crippen LogP contribution in [0, 0.1) is 5.92 Å². The van der Waals surface area contributed by atoms with E-state index >= 15 is 0 Å². The van der Waals surface area contributed by atoms with Gasteiger partial charge in [-0.25, -0.2) is 0 Å². The Hall–Kier alpha value is -0.160. The topological polar surface area (TPSA) is 33.7 Å². The van der Waals surface area contributed by atoms with Crippen LogP contribution < -0.4 is 5.32 Å². The molecule has 2 rings (SSSR count). The number of hydrogen-bond acceptors (Lipinski definition) is 4. The van der Waals surface area contributed by atoms with Crippen molar-refractivity contribution in [1.82, 2.24) is 10.2 Å². The molecular formula is C15H30N2O2. The lowest BCUT2D eigenvalue weighted by Gasteiger charge is -2.30. The molecule has 2 aliphatic rings. The van der Waals surface area contributed by atoms with Crippen molar-refractivity contribution in [3.8, 4) is 0 Å². The van der Waals surface area contributed by atoms with E-state index in [9.17, 15) is 0 Å². The molecule has 1 aliphatic heterocycles. The average molecular weight is 270 g/mol. The summed E-state index contributed by atoms with van der Waals surface area (Å²) in [5.41, 5.74) is 0. The van der Waals surface area contributed by atoms with Crippen molar-refractivity contribution >= 4 is 0 Å². The van der Waals surface area contributed by atoms with Gasteiger partial charge in [-0.2, -0.15) is 0 Å². The van der Waals surface area contributed by atoms with Gasteiger partial charge in [0.1, 0.15) is 0 Å². The Morgan fingerprint density at radius 1 is 1.16 bits per heavy atom.